The van der Waals surface area contributed by atoms with Gasteiger partial charge in [0, 0.05) is 0 Å². The molecule has 1 rings (SSSR count). The minimum Gasteiger partial charge on any atom is -0.206 e. The molecule has 1 aromatic rings. The first kappa shape index (κ1) is 11.3. The average Bonchev–Trinajstić information content (AvgIpc) is 2.04. The van der Waals surface area contributed by atoms with Gasteiger partial charge in [0.2, 0.25) is 0 Å². The van der Waals surface area contributed by atoms with Gasteiger partial charge < -0.3 is 0 Å². The Morgan fingerprint density at radius 3 is 2.27 bits per heavy atom. The summed E-state index contributed by atoms with van der Waals surface area (Å²) < 4.78 is 13.1. The predicted molar refractivity (Wildman–Crippen MR) is 56.8 cm³/mol. The third-order valence-corrected chi connectivity index (χ3v) is 2.15. The fraction of sp³-hybridized carbons (Fsp3) is 0.143. The van der Waals surface area contributed by atoms with E-state index < -0.39 is 0 Å². The van der Waals surface area contributed by atoms with Crippen LogP contribution in [-0.4, -0.2) is 0 Å². The van der Waals surface area contributed by atoms with E-state index in [-0.39, 0.29) is 5.82 Å². The van der Waals surface area contributed by atoms with E-state index in [1.165, 1.54) is 6.07 Å². The van der Waals surface area contributed by atoms with E-state index >= 15 is 0 Å². The molecule has 0 radical (unpaired) electrons. The second-order valence-corrected chi connectivity index (χ2v) is 2.66. The zero-order chi connectivity index (χ0) is 8.85. The number of aryl methyl sites for hydroxylation is 1. The number of halogens is 2. The molecule has 0 atom stereocenters. The van der Waals surface area contributed by atoms with Crippen LogP contribution in [0.3, 0.4) is 0 Å². The van der Waals surface area contributed by atoms with Crippen LogP contribution in [0.2, 0.25) is 0 Å². The van der Waals surface area contributed by atoms with Crippen LogP contribution in [-0.2, 0) is 0 Å². The van der Waals surface area contributed by atoms with E-state index in [2.05, 4.69) is 39.3 Å². The Hall–Kier alpha value is 0.330. The number of rotatable bonds is 0. The average molecular weight is 255 g/mol. The van der Waals surface area contributed by atoms with Crippen molar-refractivity contribution in [3.05, 3.63) is 34.1 Å². The van der Waals surface area contributed by atoms with Gasteiger partial charge in [-0.25, -0.2) is 4.39 Å². The first-order chi connectivity index (χ1) is 5.22. The molecule has 0 saturated heterocycles. The van der Waals surface area contributed by atoms with Gasteiger partial charge in [0.15, 0.2) is 0 Å². The summed E-state index contributed by atoms with van der Waals surface area (Å²) in [6, 6.07) is 4.97. The summed E-state index contributed by atoms with van der Waals surface area (Å²) in [6.45, 7) is 1.85. The van der Waals surface area contributed by atoms with Crippen molar-refractivity contribution in [1.82, 2.24) is 0 Å². The van der Waals surface area contributed by atoms with Crippen LogP contribution < -0.4 is 0 Å². The van der Waals surface area contributed by atoms with E-state index in [0.29, 0.717) is 4.47 Å². The maximum Gasteiger partial charge on any atom is 0.137 e. The van der Waals surface area contributed by atoms with Crippen molar-refractivity contribution in [3.63, 3.8) is 0 Å². The van der Waals surface area contributed by atoms with Gasteiger partial charge in [-0.1, -0.05) is 12.1 Å². The third-order valence-electron chi connectivity index (χ3n) is 1.14. The van der Waals surface area contributed by atoms with Gasteiger partial charge in [-0.3, -0.25) is 0 Å². The Morgan fingerprint density at radius 1 is 1.36 bits per heavy atom. The molecule has 0 nitrogen and oxygen atoms in total. The second-order valence-electron chi connectivity index (χ2n) is 1.87. The minimum absolute atomic E-state index is 0.199. The van der Waals surface area contributed by atoms with E-state index in [0.717, 1.165) is 5.56 Å². The summed E-state index contributed by atoms with van der Waals surface area (Å²) >= 11 is 9.55. The summed E-state index contributed by atoms with van der Waals surface area (Å²) in [5, 5.41) is 0. The van der Waals surface area contributed by atoms with Crippen molar-refractivity contribution in [2.24, 2.45) is 0 Å². The maximum atomic E-state index is 12.5. The Morgan fingerprint density at radius 2 is 1.91 bits per heavy atom. The Balaban J connectivity index is 0.000000461. The van der Waals surface area contributed by atoms with Gasteiger partial charge in [0.25, 0.3) is 0 Å². The molecule has 62 valence electrons. The van der Waals surface area contributed by atoms with Crippen LogP contribution in [0.5, 0.6) is 0 Å². The topological polar surface area (TPSA) is 0 Å². The molecule has 11 heavy (non-hydrogen) atoms. The highest BCUT2D eigenvalue weighted by atomic mass is 79.9. The largest absolute Gasteiger partial charge is 0.206 e. The van der Waals surface area contributed by atoms with Crippen LogP contribution in [0.4, 0.5) is 4.39 Å². The van der Waals surface area contributed by atoms with E-state index in [4.69, 9.17) is 0 Å². The second kappa shape index (κ2) is 5.91. The van der Waals surface area contributed by atoms with Crippen LogP contribution in [0.15, 0.2) is 22.7 Å². The molecule has 0 aliphatic carbocycles. The normalized spacial score (nSPS) is 8.45. The molecule has 0 unspecified atom stereocenters. The third kappa shape index (κ3) is 3.49. The molecule has 0 amide bonds. The zero-order valence-electron chi connectivity index (χ0n) is 5.88. The molecule has 0 spiro atoms. The lowest BCUT2D eigenvalue weighted by molar-refractivity contribution is 0.619. The Labute approximate surface area is 84.5 Å². The number of thiol groups is 2. The fourth-order valence-electron chi connectivity index (χ4n) is 0.612. The van der Waals surface area contributed by atoms with Gasteiger partial charge in [-0.2, -0.15) is 0 Å². The smallest absolute Gasteiger partial charge is 0.137 e. The Kier molecular flexibility index (Phi) is 6.09. The molecule has 0 heterocycles. The van der Waals surface area contributed by atoms with Crippen LogP contribution >= 0.6 is 39.3 Å². The highest BCUT2D eigenvalue weighted by molar-refractivity contribution is 9.10. The molecule has 0 aliphatic rings. The highest BCUT2D eigenvalue weighted by Crippen LogP contribution is 2.18. The van der Waals surface area contributed by atoms with Gasteiger partial charge in [0.05, 0.1) is 4.47 Å². The quantitative estimate of drug-likeness (QED) is 0.513. The van der Waals surface area contributed by atoms with E-state index in [9.17, 15) is 4.39 Å². The molecule has 1 aromatic carbocycles. The standard InChI is InChI=1S/C7H6BrF.H2S2/c1-5-3-2-4-6(9)7(5)8;1-2/h2-4H,1H3;1-2H. The molecule has 0 N–H and O–H groups in total. The summed E-state index contributed by atoms with van der Waals surface area (Å²) in [5.74, 6) is -0.199. The molecule has 0 fully saturated rings. The molecule has 0 bridgehead atoms. The summed E-state index contributed by atoms with van der Waals surface area (Å²) in [4.78, 5) is 0. The van der Waals surface area contributed by atoms with E-state index in [1.807, 2.05) is 13.0 Å². The van der Waals surface area contributed by atoms with Gasteiger partial charge in [-0.05, 0) is 34.5 Å². The molecular formula is C7H8BrFS2. The molecular weight excluding hydrogens is 247 g/mol. The van der Waals surface area contributed by atoms with Gasteiger partial charge in [0.1, 0.15) is 5.82 Å². The van der Waals surface area contributed by atoms with E-state index in [1.54, 1.807) is 6.07 Å². The highest BCUT2D eigenvalue weighted by Gasteiger charge is 1.97. The molecule has 0 saturated carbocycles. The predicted octanol–water partition coefficient (Wildman–Crippen LogP) is 3.66. The fourth-order valence-corrected chi connectivity index (χ4v) is 0.876. The monoisotopic (exact) mass is 254 g/mol. The van der Waals surface area contributed by atoms with Crippen LogP contribution in [0.1, 0.15) is 5.56 Å². The lowest BCUT2D eigenvalue weighted by Crippen LogP contribution is -1.79. The van der Waals surface area contributed by atoms with Crippen molar-refractivity contribution >= 4 is 39.3 Å². The minimum atomic E-state index is -0.199. The molecule has 0 aliphatic heterocycles. The van der Waals surface area contributed by atoms with Crippen molar-refractivity contribution in [3.8, 4) is 0 Å². The van der Waals surface area contributed by atoms with Crippen LogP contribution in [0, 0.1) is 12.7 Å². The van der Waals surface area contributed by atoms with Crippen molar-refractivity contribution in [2.75, 3.05) is 0 Å². The summed E-state index contributed by atoms with van der Waals surface area (Å²) in [7, 11) is 0. The SMILES string of the molecule is Cc1cccc(F)c1Br.SS. The number of hydrogen-bond acceptors (Lipinski definition) is 2. The summed E-state index contributed by atoms with van der Waals surface area (Å²) in [6.07, 6.45) is 0. The molecule has 0 aromatic heterocycles. The van der Waals surface area contributed by atoms with Crippen molar-refractivity contribution in [2.45, 2.75) is 6.92 Å². The lowest BCUT2D eigenvalue weighted by atomic mass is 10.2. The van der Waals surface area contributed by atoms with Crippen LogP contribution in [0.25, 0.3) is 0 Å². The van der Waals surface area contributed by atoms with Crippen molar-refractivity contribution in [1.29, 1.82) is 0 Å². The summed E-state index contributed by atoms with van der Waals surface area (Å²) in [5.41, 5.74) is 0.926. The zero-order valence-corrected chi connectivity index (χ0v) is 9.26. The van der Waals surface area contributed by atoms with Crippen molar-refractivity contribution < 1.29 is 4.39 Å². The number of benzene rings is 1. The number of hydrogen-bond donors (Lipinski definition) is 2. The first-order valence-electron chi connectivity index (χ1n) is 2.82. The molecule has 4 heteroatoms. The lowest BCUT2D eigenvalue weighted by Gasteiger charge is -1.95. The van der Waals surface area contributed by atoms with Gasteiger partial charge >= 0.3 is 0 Å². The first-order valence-corrected chi connectivity index (χ1v) is 5.21. The Bertz CT molecular complexity index is 207. The maximum absolute atomic E-state index is 12.5. The van der Waals surface area contributed by atoms with Gasteiger partial charge in [-0.15, -0.1) is 23.3 Å².